The highest BCUT2D eigenvalue weighted by Gasteiger charge is 2.90. The molecule has 0 saturated carbocycles. The SMILES string of the molecule is C=CC(=O)O.OCC(O)CC(F)(F)C(F)(F)C(F)(F)C(F)(F)C(F)(F)C(F)(F)F. The second-order valence-corrected chi connectivity index (χ2v) is 5.08. The second kappa shape index (κ2) is 8.93. The van der Waals surface area contributed by atoms with Gasteiger partial charge >= 0.3 is 41.8 Å². The minimum absolute atomic E-state index is 0.833. The quantitative estimate of drug-likeness (QED) is 0.377. The van der Waals surface area contributed by atoms with Crippen molar-refractivity contribution in [1.29, 1.82) is 0 Å². The van der Waals surface area contributed by atoms with Crippen LogP contribution in [0.15, 0.2) is 12.7 Å². The van der Waals surface area contributed by atoms with E-state index in [4.69, 9.17) is 15.3 Å². The zero-order valence-corrected chi connectivity index (χ0v) is 13.4. The van der Waals surface area contributed by atoms with E-state index < -0.39 is 60.9 Å². The normalized spacial score (nSPS) is 15.3. The highest BCUT2D eigenvalue weighted by Crippen LogP contribution is 2.60. The molecule has 0 rings (SSSR count). The van der Waals surface area contributed by atoms with Crippen LogP contribution in [0.4, 0.5) is 57.1 Å². The van der Waals surface area contributed by atoms with Crippen LogP contribution in [-0.4, -0.2) is 69.8 Å². The third-order valence-electron chi connectivity index (χ3n) is 2.88. The lowest BCUT2D eigenvalue weighted by Gasteiger charge is -2.40. The maximum absolute atomic E-state index is 13.0. The molecule has 29 heavy (non-hydrogen) atoms. The lowest BCUT2D eigenvalue weighted by molar-refractivity contribution is -0.440. The van der Waals surface area contributed by atoms with E-state index in [1.165, 1.54) is 0 Å². The van der Waals surface area contributed by atoms with Crippen LogP contribution < -0.4 is 0 Å². The van der Waals surface area contributed by atoms with Crippen molar-refractivity contribution in [3.63, 3.8) is 0 Å². The maximum Gasteiger partial charge on any atom is 0.460 e. The Balaban J connectivity index is 0. The van der Waals surface area contributed by atoms with Gasteiger partial charge in [0.2, 0.25) is 0 Å². The number of rotatable bonds is 8. The second-order valence-electron chi connectivity index (χ2n) is 5.08. The van der Waals surface area contributed by atoms with Crippen molar-refractivity contribution in [1.82, 2.24) is 0 Å². The molecule has 0 radical (unpaired) electrons. The molecule has 0 spiro atoms. The van der Waals surface area contributed by atoms with Crippen LogP contribution in [0, 0.1) is 0 Å². The number of carbonyl (C=O) groups is 1. The highest BCUT2D eigenvalue weighted by atomic mass is 19.4. The van der Waals surface area contributed by atoms with Crippen LogP contribution in [0.2, 0.25) is 0 Å². The van der Waals surface area contributed by atoms with Crippen molar-refractivity contribution in [3.05, 3.63) is 12.7 Å². The fourth-order valence-electron chi connectivity index (χ4n) is 1.29. The molecule has 0 aromatic rings. The van der Waals surface area contributed by atoms with Crippen molar-refractivity contribution in [2.45, 2.75) is 48.3 Å². The number of carboxylic acid groups (broad SMARTS) is 1. The molecule has 1 atom stereocenters. The van der Waals surface area contributed by atoms with E-state index in [-0.39, 0.29) is 0 Å². The van der Waals surface area contributed by atoms with E-state index in [0.29, 0.717) is 0 Å². The Morgan fingerprint density at radius 3 is 1.34 bits per heavy atom. The zero-order valence-electron chi connectivity index (χ0n) is 13.4. The van der Waals surface area contributed by atoms with Gasteiger partial charge in [-0.2, -0.15) is 57.1 Å². The van der Waals surface area contributed by atoms with Gasteiger partial charge in [0, 0.05) is 12.5 Å². The molecule has 0 aliphatic rings. The summed E-state index contributed by atoms with van der Waals surface area (Å²) >= 11 is 0. The average molecular weight is 466 g/mol. The van der Waals surface area contributed by atoms with E-state index in [2.05, 4.69) is 6.58 Å². The lowest BCUT2D eigenvalue weighted by Crippen LogP contribution is -2.70. The molecule has 0 aromatic carbocycles. The monoisotopic (exact) mass is 466 g/mol. The molecule has 0 heterocycles. The fourth-order valence-corrected chi connectivity index (χ4v) is 1.29. The van der Waals surface area contributed by atoms with Gasteiger partial charge in [-0.1, -0.05) is 6.58 Å². The van der Waals surface area contributed by atoms with Crippen LogP contribution in [0.5, 0.6) is 0 Å². The number of hydrogen-bond acceptors (Lipinski definition) is 3. The zero-order chi connectivity index (χ0) is 24.3. The Morgan fingerprint density at radius 2 is 1.10 bits per heavy atom. The van der Waals surface area contributed by atoms with E-state index in [1.54, 1.807) is 0 Å². The molecule has 0 aromatic heterocycles. The fraction of sp³-hybridized carbons (Fsp3) is 0.750. The molecule has 0 aliphatic heterocycles. The molecule has 17 heteroatoms. The molecule has 0 saturated heterocycles. The van der Waals surface area contributed by atoms with Crippen LogP contribution >= 0.6 is 0 Å². The number of aliphatic carboxylic acids is 1. The summed E-state index contributed by atoms with van der Waals surface area (Å²) in [7, 11) is 0. The topological polar surface area (TPSA) is 77.8 Å². The predicted octanol–water partition coefficient (Wildman–Crippen LogP) is 3.73. The molecule has 3 N–H and O–H groups in total. The minimum atomic E-state index is -7.96. The standard InChI is InChI=1S/C9H7F13O2.C3H4O2/c10-4(11,1-3(24)2-23)5(12,13)6(14,15)7(16,17)8(18,19)9(20,21)22;1-2-3(4)5/h3,23-24H,1-2H2;2H,1H2,(H,4,5). The first-order valence-electron chi connectivity index (χ1n) is 6.58. The summed E-state index contributed by atoms with van der Waals surface area (Å²) in [6.45, 7) is 1.22. The molecule has 0 fully saturated rings. The minimum Gasteiger partial charge on any atom is -0.478 e. The molecule has 0 bridgehead atoms. The first-order valence-corrected chi connectivity index (χ1v) is 6.58. The Hall–Kier alpha value is -1.78. The molecule has 174 valence electrons. The Morgan fingerprint density at radius 1 is 0.793 bits per heavy atom. The number of carboxylic acids is 1. The summed E-state index contributed by atoms with van der Waals surface area (Å²) in [5.74, 6) is -38.4. The van der Waals surface area contributed by atoms with Crippen LogP contribution in [-0.2, 0) is 4.79 Å². The van der Waals surface area contributed by atoms with Crippen LogP contribution in [0.3, 0.4) is 0 Å². The summed E-state index contributed by atoms with van der Waals surface area (Å²) in [6.07, 6.45) is -12.3. The first kappa shape index (κ1) is 29.4. The molecule has 4 nitrogen and oxygen atoms in total. The van der Waals surface area contributed by atoms with Gasteiger partial charge in [-0.05, 0) is 0 Å². The summed E-state index contributed by atoms with van der Waals surface area (Å²) in [6, 6.07) is 0. The Kier molecular flexibility index (Phi) is 9.06. The number of hydrogen-bond donors (Lipinski definition) is 3. The first-order chi connectivity index (χ1) is 12.5. The number of halogens is 13. The van der Waals surface area contributed by atoms with E-state index >= 15 is 0 Å². The van der Waals surface area contributed by atoms with Crippen molar-refractivity contribution in [3.8, 4) is 0 Å². The van der Waals surface area contributed by atoms with E-state index in [1.807, 2.05) is 0 Å². The smallest absolute Gasteiger partial charge is 0.460 e. The summed E-state index contributed by atoms with van der Waals surface area (Å²) in [5, 5.41) is 24.2. The van der Waals surface area contributed by atoms with Crippen molar-refractivity contribution in [2.24, 2.45) is 0 Å². The predicted molar refractivity (Wildman–Crippen MR) is 66.3 cm³/mol. The van der Waals surface area contributed by atoms with E-state index in [9.17, 15) is 61.9 Å². The molecular formula is C12H11F13O4. The molecule has 1 unspecified atom stereocenters. The lowest BCUT2D eigenvalue weighted by atomic mass is 9.91. The van der Waals surface area contributed by atoms with Crippen molar-refractivity contribution >= 4 is 5.97 Å². The number of aliphatic hydroxyl groups excluding tert-OH is 2. The number of aliphatic hydroxyl groups is 2. The van der Waals surface area contributed by atoms with Gasteiger partial charge in [-0.25, -0.2) is 4.79 Å². The Labute approximate surface area is 152 Å². The summed E-state index contributed by atoms with van der Waals surface area (Å²) in [5.41, 5.74) is 0. The van der Waals surface area contributed by atoms with Gasteiger partial charge in [-0.3, -0.25) is 0 Å². The summed E-state index contributed by atoms with van der Waals surface area (Å²) < 4.78 is 164. The average Bonchev–Trinajstić information content (AvgIpc) is 2.52. The van der Waals surface area contributed by atoms with Crippen LogP contribution in [0.25, 0.3) is 0 Å². The van der Waals surface area contributed by atoms with Gasteiger partial charge in [0.05, 0.1) is 12.7 Å². The van der Waals surface area contributed by atoms with Crippen molar-refractivity contribution < 1.29 is 77.2 Å². The van der Waals surface area contributed by atoms with Gasteiger partial charge in [-0.15, -0.1) is 0 Å². The highest BCUT2D eigenvalue weighted by molar-refractivity contribution is 5.78. The number of alkyl halides is 13. The molecule has 0 aliphatic carbocycles. The summed E-state index contributed by atoms with van der Waals surface area (Å²) in [4.78, 5) is 9.25. The largest absolute Gasteiger partial charge is 0.478 e. The molecular weight excluding hydrogens is 455 g/mol. The Bertz CT molecular complexity index is 571. The van der Waals surface area contributed by atoms with Gasteiger partial charge in [0.1, 0.15) is 0 Å². The third kappa shape index (κ3) is 5.64. The van der Waals surface area contributed by atoms with E-state index in [0.717, 1.165) is 6.08 Å². The van der Waals surface area contributed by atoms with Gasteiger partial charge in [0.25, 0.3) is 0 Å². The maximum atomic E-state index is 13.0. The third-order valence-corrected chi connectivity index (χ3v) is 2.88. The van der Waals surface area contributed by atoms with Gasteiger partial charge < -0.3 is 15.3 Å². The van der Waals surface area contributed by atoms with Crippen molar-refractivity contribution in [2.75, 3.05) is 6.61 Å². The molecule has 0 amide bonds. The van der Waals surface area contributed by atoms with Crippen LogP contribution in [0.1, 0.15) is 6.42 Å². The van der Waals surface area contributed by atoms with Gasteiger partial charge in [0.15, 0.2) is 0 Å².